The molecule has 27 heavy (non-hydrogen) atoms. The van der Waals surface area contributed by atoms with Gasteiger partial charge in [0.1, 0.15) is 6.54 Å². The average molecular weight is 391 g/mol. The summed E-state index contributed by atoms with van der Waals surface area (Å²) in [6.07, 6.45) is 1.52. The van der Waals surface area contributed by atoms with Crippen LogP contribution in [0.1, 0.15) is 30.7 Å². The first-order valence-electron chi connectivity index (χ1n) is 8.74. The number of hydrogen-bond donors (Lipinski definition) is 3. The first-order chi connectivity index (χ1) is 12.8. The van der Waals surface area contributed by atoms with Gasteiger partial charge in [0.25, 0.3) is 0 Å². The molecule has 0 aliphatic carbocycles. The van der Waals surface area contributed by atoms with E-state index in [9.17, 15) is 14.7 Å². The molecule has 0 saturated carbocycles. The van der Waals surface area contributed by atoms with Crippen molar-refractivity contribution in [3.05, 3.63) is 41.2 Å². The molecule has 1 aromatic heterocycles. The highest BCUT2D eigenvalue weighted by Crippen LogP contribution is 2.21. The van der Waals surface area contributed by atoms with Gasteiger partial charge in [-0.3, -0.25) is 9.59 Å². The molecule has 0 aliphatic rings. The number of aliphatic hydroxyl groups excluding tert-OH is 1. The lowest BCUT2D eigenvalue weighted by Gasteiger charge is -2.13. The number of rotatable bonds is 8. The molecular weight excluding hydrogens is 364 g/mol. The molecule has 0 atom stereocenters. The topological polar surface area (TPSA) is 96.2 Å². The number of carbonyl (C=O) groups excluding carboxylic acids is 2. The van der Waals surface area contributed by atoms with Crippen LogP contribution in [0, 0.1) is 13.8 Å². The van der Waals surface area contributed by atoms with E-state index in [4.69, 9.17) is 0 Å². The molecule has 0 saturated heterocycles. The lowest BCUT2D eigenvalue weighted by molar-refractivity contribution is -0.122. The van der Waals surface area contributed by atoms with Gasteiger partial charge >= 0.3 is 0 Å². The third-order valence-electron chi connectivity index (χ3n) is 3.81. The Hall–Kier alpha value is -2.32. The molecule has 0 bridgehead atoms. The summed E-state index contributed by atoms with van der Waals surface area (Å²) in [5.74, 6) is -0.166. The standard InChI is InChI=1S/C19H26N4O3S/c1-12(2)21-17(25)9-23-15(10-24)8-20-19(23)27-11-18(26)22-16-7-13(3)5-6-14(16)4/h5-8,12,24H,9-11H2,1-4H3,(H,21,25)(H,22,26). The summed E-state index contributed by atoms with van der Waals surface area (Å²) in [5.41, 5.74) is 3.39. The van der Waals surface area contributed by atoms with Gasteiger partial charge in [0.05, 0.1) is 24.3 Å². The Morgan fingerprint density at radius 3 is 2.67 bits per heavy atom. The zero-order valence-corrected chi connectivity index (χ0v) is 16.9. The van der Waals surface area contributed by atoms with E-state index in [0.717, 1.165) is 16.8 Å². The van der Waals surface area contributed by atoms with Gasteiger partial charge in [-0.05, 0) is 44.9 Å². The summed E-state index contributed by atoms with van der Waals surface area (Å²) >= 11 is 1.23. The zero-order chi connectivity index (χ0) is 20.0. The zero-order valence-electron chi connectivity index (χ0n) is 16.1. The smallest absolute Gasteiger partial charge is 0.240 e. The van der Waals surface area contributed by atoms with Crippen LogP contribution in [0.2, 0.25) is 0 Å². The van der Waals surface area contributed by atoms with Gasteiger partial charge in [-0.15, -0.1) is 0 Å². The number of anilines is 1. The highest BCUT2D eigenvalue weighted by molar-refractivity contribution is 7.99. The van der Waals surface area contributed by atoms with E-state index in [-0.39, 0.29) is 36.8 Å². The highest BCUT2D eigenvalue weighted by atomic mass is 32.2. The van der Waals surface area contributed by atoms with E-state index >= 15 is 0 Å². The van der Waals surface area contributed by atoms with Crippen LogP contribution in [0.5, 0.6) is 0 Å². The SMILES string of the molecule is Cc1ccc(C)c(NC(=O)CSc2ncc(CO)n2CC(=O)NC(C)C)c1. The van der Waals surface area contributed by atoms with E-state index in [1.54, 1.807) is 4.57 Å². The third kappa shape index (κ3) is 6.11. The number of nitrogens with zero attached hydrogens (tertiary/aromatic N) is 2. The van der Waals surface area contributed by atoms with Crippen LogP contribution < -0.4 is 10.6 Å². The predicted molar refractivity (Wildman–Crippen MR) is 107 cm³/mol. The van der Waals surface area contributed by atoms with Crippen LogP contribution in [0.25, 0.3) is 0 Å². The molecule has 0 spiro atoms. The first-order valence-corrected chi connectivity index (χ1v) is 9.73. The predicted octanol–water partition coefficient (Wildman–Crippen LogP) is 2.25. The molecule has 1 aromatic carbocycles. The van der Waals surface area contributed by atoms with E-state index in [0.29, 0.717) is 10.9 Å². The number of thioether (sulfide) groups is 1. The normalized spacial score (nSPS) is 10.9. The van der Waals surface area contributed by atoms with E-state index in [1.165, 1.54) is 18.0 Å². The summed E-state index contributed by atoms with van der Waals surface area (Å²) in [4.78, 5) is 28.6. The van der Waals surface area contributed by atoms with Crippen LogP contribution in [0.4, 0.5) is 5.69 Å². The Balaban J connectivity index is 2.02. The van der Waals surface area contributed by atoms with Crippen molar-refractivity contribution in [3.63, 3.8) is 0 Å². The maximum absolute atomic E-state index is 12.3. The number of aromatic nitrogens is 2. The second-order valence-corrected chi connectivity index (χ2v) is 7.60. The summed E-state index contributed by atoms with van der Waals surface area (Å²) < 4.78 is 1.63. The van der Waals surface area contributed by atoms with Gasteiger partial charge in [0.2, 0.25) is 11.8 Å². The van der Waals surface area contributed by atoms with Crippen LogP contribution in [-0.2, 0) is 22.7 Å². The van der Waals surface area contributed by atoms with Gasteiger partial charge < -0.3 is 20.3 Å². The van der Waals surface area contributed by atoms with Crippen LogP contribution in [0.3, 0.4) is 0 Å². The average Bonchev–Trinajstić information content (AvgIpc) is 2.97. The van der Waals surface area contributed by atoms with Gasteiger partial charge in [0.15, 0.2) is 5.16 Å². The molecule has 8 heteroatoms. The van der Waals surface area contributed by atoms with E-state index in [2.05, 4.69) is 15.6 Å². The fourth-order valence-electron chi connectivity index (χ4n) is 2.50. The number of aliphatic hydroxyl groups is 1. The molecule has 0 aliphatic heterocycles. The molecule has 7 nitrogen and oxygen atoms in total. The van der Waals surface area contributed by atoms with Gasteiger partial charge in [-0.1, -0.05) is 23.9 Å². The largest absolute Gasteiger partial charge is 0.390 e. The Kier molecular flexibility index (Phi) is 7.44. The summed E-state index contributed by atoms with van der Waals surface area (Å²) in [5, 5.41) is 15.7. The molecule has 146 valence electrons. The monoisotopic (exact) mass is 390 g/mol. The lowest BCUT2D eigenvalue weighted by Crippen LogP contribution is -2.33. The van der Waals surface area contributed by atoms with Crippen LogP contribution >= 0.6 is 11.8 Å². The van der Waals surface area contributed by atoms with Crippen molar-refractivity contribution in [1.82, 2.24) is 14.9 Å². The minimum atomic E-state index is -0.225. The van der Waals surface area contributed by atoms with Gasteiger partial charge in [-0.25, -0.2) is 4.98 Å². The second kappa shape index (κ2) is 9.57. The second-order valence-electron chi connectivity index (χ2n) is 6.65. The lowest BCUT2D eigenvalue weighted by atomic mass is 10.1. The third-order valence-corrected chi connectivity index (χ3v) is 4.81. The van der Waals surface area contributed by atoms with E-state index in [1.807, 2.05) is 45.9 Å². The van der Waals surface area contributed by atoms with Gasteiger partial charge in [0, 0.05) is 11.7 Å². The molecular formula is C19H26N4O3S. The van der Waals surface area contributed by atoms with Crippen molar-refractivity contribution < 1.29 is 14.7 Å². The molecule has 2 aromatic rings. The fourth-order valence-corrected chi connectivity index (χ4v) is 3.30. The molecule has 2 amide bonds. The van der Waals surface area contributed by atoms with E-state index < -0.39 is 0 Å². The van der Waals surface area contributed by atoms with Crippen molar-refractivity contribution in [2.45, 2.75) is 52.0 Å². The number of aryl methyl sites for hydroxylation is 2. The Morgan fingerprint density at radius 1 is 1.26 bits per heavy atom. The quantitative estimate of drug-likeness (QED) is 0.601. The summed E-state index contributed by atoms with van der Waals surface area (Å²) in [7, 11) is 0. The first kappa shape index (κ1) is 21.0. The number of nitrogens with one attached hydrogen (secondary N) is 2. The van der Waals surface area contributed by atoms with Crippen molar-refractivity contribution >= 4 is 29.3 Å². The van der Waals surface area contributed by atoms with Crippen molar-refractivity contribution in [2.75, 3.05) is 11.1 Å². The summed E-state index contributed by atoms with van der Waals surface area (Å²) in [6, 6.07) is 5.91. The molecule has 3 N–H and O–H groups in total. The molecule has 1 heterocycles. The van der Waals surface area contributed by atoms with Crippen molar-refractivity contribution in [3.8, 4) is 0 Å². The van der Waals surface area contributed by atoms with Gasteiger partial charge in [-0.2, -0.15) is 0 Å². The fraction of sp³-hybridized carbons (Fsp3) is 0.421. The Bertz CT molecular complexity index is 817. The number of imidazole rings is 1. The maximum atomic E-state index is 12.3. The number of hydrogen-bond acceptors (Lipinski definition) is 5. The number of carbonyl (C=O) groups is 2. The van der Waals surface area contributed by atoms with Crippen molar-refractivity contribution in [1.29, 1.82) is 0 Å². The Labute approximate surface area is 163 Å². The molecule has 0 radical (unpaired) electrons. The van der Waals surface area contributed by atoms with Crippen molar-refractivity contribution in [2.24, 2.45) is 0 Å². The number of amides is 2. The maximum Gasteiger partial charge on any atom is 0.240 e. The molecule has 0 fully saturated rings. The minimum absolute atomic E-state index is 0.0260. The minimum Gasteiger partial charge on any atom is -0.390 e. The summed E-state index contributed by atoms with van der Waals surface area (Å²) in [6.45, 7) is 7.50. The number of benzene rings is 1. The Morgan fingerprint density at radius 2 is 2.00 bits per heavy atom. The molecule has 0 unspecified atom stereocenters. The van der Waals surface area contributed by atoms with Crippen LogP contribution in [0.15, 0.2) is 29.6 Å². The molecule has 2 rings (SSSR count). The van der Waals surface area contributed by atoms with Crippen LogP contribution in [-0.4, -0.2) is 38.3 Å². The highest BCUT2D eigenvalue weighted by Gasteiger charge is 2.15.